The van der Waals surface area contributed by atoms with Crippen molar-refractivity contribution in [1.29, 1.82) is 0 Å². The van der Waals surface area contributed by atoms with E-state index in [0.717, 1.165) is 27.6 Å². The SMILES string of the molecule is Cc1nn(CN2CCOC(c3ccc(F)cc3)C2)c(=S)s1. The standard InChI is InChI=1S/C14H16FN3OS2/c1-10-16-18(14(20)21-10)9-17-6-7-19-13(8-17)11-2-4-12(15)5-3-11/h2-5,13H,6-9H2,1H3. The van der Waals surface area contributed by atoms with Crippen LogP contribution in [-0.4, -0.2) is 34.4 Å². The molecule has 7 heteroatoms. The summed E-state index contributed by atoms with van der Waals surface area (Å²) in [5.41, 5.74) is 0.999. The Kier molecular flexibility index (Phi) is 4.44. The Balaban J connectivity index is 1.69. The number of benzene rings is 1. The number of hydrogen-bond acceptors (Lipinski definition) is 5. The van der Waals surface area contributed by atoms with Crippen molar-refractivity contribution >= 4 is 23.6 Å². The molecule has 0 saturated carbocycles. The number of halogens is 1. The summed E-state index contributed by atoms with van der Waals surface area (Å²) < 4.78 is 21.4. The van der Waals surface area contributed by atoms with Crippen molar-refractivity contribution in [2.45, 2.75) is 19.7 Å². The molecular formula is C14H16FN3OS2. The molecule has 2 aromatic rings. The van der Waals surface area contributed by atoms with E-state index in [2.05, 4.69) is 10.00 Å². The zero-order valence-electron chi connectivity index (χ0n) is 11.7. The minimum absolute atomic E-state index is 0.0340. The molecule has 2 heterocycles. The second kappa shape index (κ2) is 6.31. The molecule has 0 N–H and O–H groups in total. The number of hydrogen-bond donors (Lipinski definition) is 0. The summed E-state index contributed by atoms with van der Waals surface area (Å²) in [5.74, 6) is -0.226. The molecule has 0 bridgehead atoms. The van der Waals surface area contributed by atoms with Gasteiger partial charge in [0.05, 0.1) is 19.4 Å². The molecule has 0 spiro atoms. The highest BCUT2D eigenvalue weighted by Crippen LogP contribution is 2.23. The van der Waals surface area contributed by atoms with Crippen LogP contribution >= 0.6 is 23.6 Å². The van der Waals surface area contributed by atoms with Gasteiger partial charge in [0.25, 0.3) is 0 Å². The van der Waals surface area contributed by atoms with Gasteiger partial charge in [0.1, 0.15) is 10.8 Å². The largest absolute Gasteiger partial charge is 0.371 e. The maximum absolute atomic E-state index is 13.0. The third kappa shape index (κ3) is 3.55. The molecule has 0 aliphatic carbocycles. The van der Waals surface area contributed by atoms with E-state index >= 15 is 0 Å². The van der Waals surface area contributed by atoms with Crippen LogP contribution in [0.4, 0.5) is 4.39 Å². The molecule has 4 nitrogen and oxygen atoms in total. The van der Waals surface area contributed by atoms with E-state index in [1.54, 1.807) is 12.1 Å². The Hall–Kier alpha value is -1.15. The lowest BCUT2D eigenvalue weighted by Gasteiger charge is -2.32. The molecule has 3 rings (SSSR count). The average Bonchev–Trinajstić information content (AvgIpc) is 2.78. The van der Waals surface area contributed by atoms with Gasteiger partial charge in [-0.2, -0.15) is 5.10 Å². The van der Waals surface area contributed by atoms with Crippen molar-refractivity contribution < 1.29 is 9.13 Å². The molecule has 1 unspecified atom stereocenters. The van der Waals surface area contributed by atoms with Crippen molar-refractivity contribution in [2.75, 3.05) is 19.7 Å². The first-order chi connectivity index (χ1) is 10.1. The van der Waals surface area contributed by atoms with Crippen LogP contribution in [0, 0.1) is 16.7 Å². The maximum atomic E-state index is 13.0. The van der Waals surface area contributed by atoms with Crippen LogP contribution in [-0.2, 0) is 11.4 Å². The Bertz CT molecular complexity index is 668. The minimum Gasteiger partial charge on any atom is -0.371 e. The normalized spacial score (nSPS) is 19.8. The first-order valence-corrected chi connectivity index (χ1v) is 7.98. The molecule has 1 aliphatic heterocycles. The second-order valence-corrected chi connectivity index (χ2v) is 6.84. The fourth-order valence-corrected chi connectivity index (χ4v) is 3.46. The van der Waals surface area contributed by atoms with E-state index in [1.165, 1.54) is 23.5 Å². The van der Waals surface area contributed by atoms with Gasteiger partial charge in [0.15, 0.2) is 3.95 Å². The molecule has 0 radical (unpaired) electrons. The van der Waals surface area contributed by atoms with Crippen LogP contribution in [0.25, 0.3) is 0 Å². The smallest absolute Gasteiger partial charge is 0.180 e. The molecule has 1 fully saturated rings. The van der Waals surface area contributed by atoms with Crippen molar-refractivity contribution in [1.82, 2.24) is 14.7 Å². The third-order valence-corrected chi connectivity index (χ3v) is 4.66. The van der Waals surface area contributed by atoms with Crippen LogP contribution < -0.4 is 0 Å². The maximum Gasteiger partial charge on any atom is 0.180 e. The topological polar surface area (TPSA) is 30.3 Å². The first-order valence-electron chi connectivity index (χ1n) is 6.76. The van der Waals surface area contributed by atoms with Crippen LogP contribution in [0.2, 0.25) is 0 Å². The fourth-order valence-electron chi connectivity index (χ4n) is 2.40. The van der Waals surface area contributed by atoms with Gasteiger partial charge >= 0.3 is 0 Å². The number of morpholine rings is 1. The van der Waals surface area contributed by atoms with Crippen molar-refractivity contribution in [3.63, 3.8) is 0 Å². The van der Waals surface area contributed by atoms with Gasteiger partial charge < -0.3 is 4.74 Å². The summed E-state index contributed by atoms with van der Waals surface area (Å²) in [6, 6.07) is 6.50. The van der Waals surface area contributed by atoms with Gasteiger partial charge in [0.2, 0.25) is 0 Å². The van der Waals surface area contributed by atoms with E-state index in [0.29, 0.717) is 13.3 Å². The Morgan fingerprint density at radius 2 is 2.19 bits per heavy atom. The molecular weight excluding hydrogens is 309 g/mol. The fraction of sp³-hybridized carbons (Fsp3) is 0.429. The molecule has 21 heavy (non-hydrogen) atoms. The highest BCUT2D eigenvalue weighted by atomic mass is 32.1. The number of aryl methyl sites for hydroxylation is 1. The highest BCUT2D eigenvalue weighted by Gasteiger charge is 2.22. The molecule has 1 saturated heterocycles. The lowest BCUT2D eigenvalue weighted by atomic mass is 10.1. The van der Waals surface area contributed by atoms with E-state index in [4.69, 9.17) is 17.0 Å². The summed E-state index contributed by atoms with van der Waals surface area (Å²) in [4.78, 5) is 2.26. The molecule has 0 amide bonds. The highest BCUT2D eigenvalue weighted by molar-refractivity contribution is 7.73. The number of rotatable bonds is 3. The van der Waals surface area contributed by atoms with Crippen LogP contribution in [0.15, 0.2) is 24.3 Å². The third-order valence-electron chi connectivity index (χ3n) is 3.43. The van der Waals surface area contributed by atoms with E-state index in [9.17, 15) is 4.39 Å². The van der Waals surface area contributed by atoms with Crippen LogP contribution in [0.1, 0.15) is 16.7 Å². The predicted octanol–water partition coefficient (Wildman–Crippen LogP) is 3.15. The lowest BCUT2D eigenvalue weighted by Crippen LogP contribution is -2.39. The van der Waals surface area contributed by atoms with Gasteiger partial charge in [-0.3, -0.25) is 4.90 Å². The Labute approximate surface area is 131 Å². The molecule has 1 aromatic carbocycles. The average molecular weight is 325 g/mol. The monoisotopic (exact) mass is 325 g/mol. The summed E-state index contributed by atoms with van der Waals surface area (Å²) in [6.07, 6.45) is -0.0340. The zero-order chi connectivity index (χ0) is 14.8. The second-order valence-electron chi connectivity index (χ2n) is 5.02. The zero-order valence-corrected chi connectivity index (χ0v) is 13.3. The molecule has 1 aromatic heterocycles. The molecule has 1 aliphatic rings. The molecule has 112 valence electrons. The van der Waals surface area contributed by atoms with Crippen molar-refractivity contribution in [3.8, 4) is 0 Å². The van der Waals surface area contributed by atoms with E-state index < -0.39 is 0 Å². The summed E-state index contributed by atoms with van der Waals surface area (Å²) in [7, 11) is 0. The van der Waals surface area contributed by atoms with Crippen LogP contribution in [0.5, 0.6) is 0 Å². The van der Waals surface area contributed by atoms with Crippen molar-refractivity contribution in [2.24, 2.45) is 0 Å². The summed E-state index contributed by atoms with van der Waals surface area (Å²) in [6.45, 7) is 4.88. The van der Waals surface area contributed by atoms with Crippen molar-refractivity contribution in [3.05, 3.63) is 44.6 Å². The van der Waals surface area contributed by atoms with E-state index in [-0.39, 0.29) is 11.9 Å². The number of ether oxygens (including phenoxy) is 1. The first kappa shape index (κ1) is 14.8. The number of nitrogens with zero attached hydrogens (tertiary/aromatic N) is 3. The van der Waals surface area contributed by atoms with Gasteiger partial charge in [-0.05, 0) is 36.8 Å². The van der Waals surface area contributed by atoms with Gasteiger partial charge in [0, 0.05) is 13.1 Å². The minimum atomic E-state index is -0.226. The van der Waals surface area contributed by atoms with Crippen LogP contribution in [0.3, 0.4) is 0 Å². The summed E-state index contributed by atoms with van der Waals surface area (Å²) in [5, 5.41) is 5.39. The predicted molar refractivity (Wildman–Crippen MR) is 82.3 cm³/mol. The van der Waals surface area contributed by atoms with E-state index in [1.807, 2.05) is 11.6 Å². The Morgan fingerprint density at radius 3 is 2.86 bits per heavy atom. The van der Waals surface area contributed by atoms with Gasteiger partial charge in [-0.25, -0.2) is 9.07 Å². The van der Waals surface area contributed by atoms with Gasteiger partial charge in [-0.1, -0.05) is 23.5 Å². The van der Waals surface area contributed by atoms with Gasteiger partial charge in [-0.15, -0.1) is 0 Å². The summed E-state index contributed by atoms with van der Waals surface area (Å²) >= 11 is 6.82. The number of aromatic nitrogens is 2. The quantitative estimate of drug-likeness (QED) is 0.811. The Morgan fingerprint density at radius 1 is 1.43 bits per heavy atom. The lowest BCUT2D eigenvalue weighted by molar-refractivity contribution is -0.0418. The molecule has 1 atom stereocenters.